The number of rotatable bonds is 3. The Labute approximate surface area is 111 Å². The maximum Gasteiger partial charge on any atom is 0.125 e. The molecule has 2 heterocycles. The second-order valence-corrected chi connectivity index (χ2v) is 4.85. The minimum absolute atomic E-state index is 0. The summed E-state index contributed by atoms with van der Waals surface area (Å²) in [5, 5.41) is 6.75. The van der Waals surface area contributed by atoms with Gasteiger partial charge in [0, 0.05) is 17.2 Å². The summed E-state index contributed by atoms with van der Waals surface area (Å²) in [5.41, 5.74) is 0. The first-order chi connectivity index (χ1) is 7.34. The molecule has 5 heteroatoms. The first kappa shape index (κ1) is 13.7. The Hall–Kier alpha value is -0.320. The molecule has 1 aromatic rings. The maximum absolute atomic E-state index is 4.29. The molecule has 0 radical (unpaired) electrons. The molecule has 16 heavy (non-hydrogen) atoms. The second-order valence-electron chi connectivity index (χ2n) is 3.94. The van der Waals surface area contributed by atoms with Crippen molar-refractivity contribution in [3.63, 3.8) is 0 Å². The van der Waals surface area contributed by atoms with Gasteiger partial charge in [0.05, 0.1) is 0 Å². The highest BCUT2D eigenvalue weighted by Crippen LogP contribution is 2.14. The number of nitrogens with zero attached hydrogens (tertiary/aromatic N) is 1. The van der Waals surface area contributed by atoms with Crippen molar-refractivity contribution in [1.29, 1.82) is 0 Å². The van der Waals surface area contributed by atoms with Gasteiger partial charge in [-0.05, 0) is 59.9 Å². The van der Waals surface area contributed by atoms with Gasteiger partial charge < -0.3 is 10.6 Å². The molecule has 3 nitrogen and oxygen atoms in total. The molecular weight excluding hydrogens is 289 g/mol. The molecule has 0 atom stereocenters. The van der Waals surface area contributed by atoms with E-state index in [0.717, 1.165) is 35.8 Å². The standard InChI is InChI=1S/C11H16BrN3.ClH/c12-10-1-2-11(15-8-10)14-7-9-3-5-13-6-4-9;/h1-2,8-9,13H,3-7H2,(H,14,15);1H. The van der Waals surface area contributed by atoms with E-state index in [0.29, 0.717) is 0 Å². The second kappa shape index (κ2) is 7.09. The van der Waals surface area contributed by atoms with Crippen molar-refractivity contribution in [3.8, 4) is 0 Å². The third-order valence-electron chi connectivity index (χ3n) is 2.76. The molecule has 90 valence electrons. The van der Waals surface area contributed by atoms with E-state index in [9.17, 15) is 0 Å². The fourth-order valence-corrected chi connectivity index (χ4v) is 2.05. The van der Waals surface area contributed by atoms with Gasteiger partial charge in [0.2, 0.25) is 0 Å². The van der Waals surface area contributed by atoms with E-state index in [1.807, 2.05) is 18.3 Å². The maximum atomic E-state index is 4.29. The zero-order valence-electron chi connectivity index (χ0n) is 9.08. The fraction of sp³-hybridized carbons (Fsp3) is 0.545. The molecule has 0 spiro atoms. The van der Waals surface area contributed by atoms with Crippen LogP contribution in [0.25, 0.3) is 0 Å². The Morgan fingerprint density at radius 3 is 2.75 bits per heavy atom. The van der Waals surface area contributed by atoms with E-state index < -0.39 is 0 Å². The fourth-order valence-electron chi connectivity index (χ4n) is 1.82. The topological polar surface area (TPSA) is 37.0 Å². The zero-order valence-corrected chi connectivity index (χ0v) is 11.5. The highest BCUT2D eigenvalue weighted by molar-refractivity contribution is 9.10. The van der Waals surface area contributed by atoms with Crippen molar-refractivity contribution in [1.82, 2.24) is 10.3 Å². The lowest BCUT2D eigenvalue weighted by atomic mass is 9.98. The van der Waals surface area contributed by atoms with E-state index >= 15 is 0 Å². The zero-order chi connectivity index (χ0) is 10.5. The van der Waals surface area contributed by atoms with Gasteiger partial charge in [-0.1, -0.05) is 0 Å². The van der Waals surface area contributed by atoms with E-state index in [1.165, 1.54) is 12.8 Å². The minimum atomic E-state index is 0. The molecular formula is C11H17BrClN3. The first-order valence-electron chi connectivity index (χ1n) is 5.41. The van der Waals surface area contributed by atoms with Crippen LogP contribution in [0, 0.1) is 5.92 Å². The van der Waals surface area contributed by atoms with E-state index in [1.54, 1.807) is 0 Å². The van der Waals surface area contributed by atoms with Crippen LogP contribution in [-0.2, 0) is 0 Å². The molecule has 2 rings (SSSR count). The Bertz CT molecular complexity index is 299. The number of anilines is 1. The van der Waals surface area contributed by atoms with Crippen LogP contribution >= 0.6 is 28.3 Å². The molecule has 0 bridgehead atoms. The number of aromatic nitrogens is 1. The van der Waals surface area contributed by atoms with Crippen LogP contribution in [0.5, 0.6) is 0 Å². The average molecular weight is 307 g/mol. The minimum Gasteiger partial charge on any atom is -0.370 e. The van der Waals surface area contributed by atoms with Crippen molar-refractivity contribution < 1.29 is 0 Å². The van der Waals surface area contributed by atoms with Gasteiger partial charge >= 0.3 is 0 Å². The van der Waals surface area contributed by atoms with E-state index in [-0.39, 0.29) is 12.4 Å². The Morgan fingerprint density at radius 2 is 2.12 bits per heavy atom. The van der Waals surface area contributed by atoms with Crippen molar-refractivity contribution in [2.24, 2.45) is 5.92 Å². The molecule has 0 unspecified atom stereocenters. The van der Waals surface area contributed by atoms with Crippen molar-refractivity contribution in [2.75, 3.05) is 25.0 Å². The third kappa shape index (κ3) is 4.28. The van der Waals surface area contributed by atoms with Crippen molar-refractivity contribution >= 4 is 34.2 Å². The average Bonchev–Trinajstić information content (AvgIpc) is 2.30. The molecule has 1 fully saturated rings. The van der Waals surface area contributed by atoms with Gasteiger partial charge in [0.1, 0.15) is 5.82 Å². The first-order valence-corrected chi connectivity index (χ1v) is 6.20. The van der Waals surface area contributed by atoms with Crippen LogP contribution in [0.3, 0.4) is 0 Å². The normalized spacial score (nSPS) is 16.6. The Kier molecular flexibility index (Phi) is 6.09. The van der Waals surface area contributed by atoms with Crippen molar-refractivity contribution in [3.05, 3.63) is 22.8 Å². The van der Waals surface area contributed by atoms with Crippen LogP contribution in [0.15, 0.2) is 22.8 Å². The third-order valence-corrected chi connectivity index (χ3v) is 3.23. The smallest absolute Gasteiger partial charge is 0.125 e. The Balaban J connectivity index is 0.00000128. The summed E-state index contributed by atoms with van der Waals surface area (Å²) < 4.78 is 1.02. The van der Waals surface area contributed by atoms with Crippen LogP contribution in [-0.4, -0.2) is 24.6 Å². The van der Waals surface area contributed by atoms with Crippen LogP contribution < -0.4 is 10.6 Å². The lowest BCUT2D eigenvalue weighted by Gasteiger charge is -2.22. The lowest BCUT2D eigenvalue weighted by molar-refractivity contribution is 0.389. The lowest BCUT2D eigenvalue weighted by Crippen LogP contribution is -2.31. The number of nitrogens with one attached hydrogen (secondary N) is 2. The van der Waals surface area contributed by atoms with Gasteiger partial charge in [-0.15, -0.1) is 12.4 Å². The predicted octanol–water partition coefficient (Wildman–Crippen LogP) is 2.68. The highest BCUT2D eigenvalue weighted by Gasteiger charge is 2.12. The van der Waals surface area contributed by atoms with E-state index in [2.05, 4.69) is 31.5 Å². The molecule has 0 saturated carbocycles. The predicted molar refractivity (Wildman–Crippen MR) is 73.3 cm³/mol. The van der Waals surface area contributed by atoms with Gasteiger partial charge in [-0.2, -0.15) is 0 Å². The summed E-state index contributed by atoms with van der Waals surface area (Å²) in [6.45, 7) is 3.34. The molecule has 2 N–H and O–H groups in total. The molecule has 0 aromatic carbocycles. The van der Waals surface area contributed by atoms with Crippen LogP contribution in [0.1, 0.15) is 12.8 Å². The Morgan fingerprint density at radius 1 is 1.38 bits per heavy atom. The van der Waals surface area contributed by atoms with Gasteiger partial charge in [-0.3, -0.25) is 0 Å². The summed E-state index contributed by atoms with van der Waals surface area (Å²) in [4.78, 5) is 4.29. The largest absolute Gasteiger partial charge is 0.370 e. The molecule has 0 aliphatic carbocycles. The number of hydrogen-bond acceptors (Lipinski definition) is 3. The SMILES string of the molecule is Brc1ccc(NCC2CCNCC2)nc1.Cl. The molecule has 1 aliphatic rings. The number of hydrogen-bond donors (Lipinski definition) is 2. The monoisotopic (exact) mass is 305 g/mol. The molecule has 0 amide bonds. The summed E-state index contributed by atoms with van der Waals surface area (Å²) in [5.74, 6) is 1.76. The van der Waals surface area contributed by atoms with Crippen LogP contribution in [0.2, 0.25) is 0 Å². The highest BCUT2D eigenvalue weighted by atomic mass is 79.9. The molecule has 1 aromatic heterocycles. The summed E-state index contributed by atoms with van der Waals surface area (Å²) in [6, 6.07) is 4.02. The van der Waals surface area contributed by atoms with Crippen LogP contribution in [0.4, 0.5) is 5.82 Å². The van der Waals surface area contributed by atoms with Gasteiger partial charge in [-0.25, -0.2) is 4.98 Å². The van der Waals surface area contributed by atoms with Crippen molar-refractivity contribution in [2.45, 2.75) is 12.8 Å². The van der Waals surface area contributed by atoms with Gasteiger partial charge in [0.15, 0.2) is 0 Å². The summed E-state index contributed by atoms with van der Waals surface area (Å²) in [7, 11) is 0. The molecule has 1 aliphatic heterocycles. The summed E-state index contributed by atoms with van der Waals surface area (Å²) >= 11 is 3.37. The number of pyridine rings is 1. The van der Waals surface area contributed by atoms with Gasteiger partial charge in [0.25, 0.3) is 0 Å². The molecule has 1 saturated heterocycles. The number of halogens is 2. The number of piperidine rings is 1. The quantitative estimate of drug-likeness (QED) is 0.901. The van der Waals surface area contributed by atoms with E-state index in [4.69, 9.17) is 0 Å². The summed E-state index contributed by atoms with van der Waals surface area (Å²) in [6.07, 6.45) is 4.36.